The summed E-state index contributed by atoms with van der Waals surface area (Å²) >= 11 is 0. The SMILES string of the molecule is Cc1ccc(C(=O)NCC(O)c2ccc(OC(C)C)cc2)cc1F. The number of halogens is 1. The van der Waals surface area contributed by atoms with E-state index >= 15 is 0 Å². The molecule has 0 saturated carbocycles. The molecule has 1 amide bonds. The fourth-order valence-corrected chi connectivity index (χ4v) is 2.18. The molecular formula is C19H22FNO3. The van der Waals surface area contributed by atoms with Gasteiger partial charge in [-0.1, -0.05) is 18.2 Å². The second-order valence-corrected chi connectivity index (χ2v) is 5.93. The van der Waals surface area contributed by atoms with Crippen molar-refractivity contribution in [2.75, 3.05) is 6.54 Å². The molecule has 2 N–H and O–H groups in total. The quantitative estimate of drug-likeness (QED) is 0.853. The lowest BCUT2D eigenvalue weighted by Gasteiger charge is -2.14. The summed E-state index contributed by atoms with van der Waals surface area (Å²) in [6.07, 6.45) is -0.771. The van der Waals surface area contributed by atoms with Crippen LogP contribution < -0.4 is 10.1 Å². The van der Waals surface area contributed by atoms with E-state index in [1.165, 1.54) is 6.07 Å². The van der Waals surface area contributed by atoms with Gasteiger partial charge in [0.15, 0.2) is 0 Å². The van der Waals surface area contributed by atoms with Crippen molar-refractivity contribution in [3.05, 3.63) is 65.0 Å². The summed E-state index contributed by atoms with van der Waals surface area (Å²) in [5, 5.41) is 12.8. The monoisotopic (exact) mass is 331 g/mol. The van der Waals surface area contributed by atoms with Crippen LogP contribution in [-0.2, 0) is 0 Å². The molecule has 5 heteroatoms. The predicted octanol–water partition coefficient (Wildman–Crippen LogP) is 3.38. The summed E-state index contributed by atoms with van der Waals surface area (Å²) in [6, 6.07) is 11.3. The maximum absolute atomic E-state index is 13.5. The third kappa shape index (κ3) is 4.80. The highest BCUT2D eigenvalue weighted by Crippen LogP contribution is 2.18. The standard InChI is InChI=1S/C19H22FNO3/c1-12(2)24-16-8-6-14(7-9-16)18(22)11-21-19(23)15-5-4-13(3)17(20)10-15/h4-10,12,18,22H,11H2,1-3H3,(H,21,23). The van der Waals surface area contributed by atoms with Crippen LogP contribution in [0.15, 0.2) is 42.5 Å². The second kappa shape index (κ2) is 7.93. The fourth-order valence-electron chi connectivity index (χ4n) is 2.18. The minimum Gasteiger partial charge on any atom is -0.491 e. The molecule has 1 atom stereocenters. The van der Waals surface area contributed by atoms with E-state index in [4.69, 9.17) is 4.74 Å². The summed E-state index contributed by atoms with van der Waals surface area (Å²) < 4.78 is 19.0. The zero-order chi connectivity index (χ0) is 17.7. The Hall–Kier alpha value is -2.40. The number of nitrogens with one attached hydrogen (secondary N) is 1. The van der Waals surface area contributed by atoms with Gasteiger partial charge in [0.1, 0.15) is 11.6 Å². The molecule has 0 aliphatic heterocycles. The number of aryl methyl sites for hydroxylation is 1. The number of hydrogen-bond acceptors (Lipinski definition) is 3. The van der Waals surface area contributed by atoms with Gasteiger partial charge in [0.2, 0.25) is 0 Å². The zero-order valence-corrected chi connectivity index (χ0v) is 14.0. The van der Waals surface area contributed by atoms with E-state index in [2.05, 4.69) is 5.32 Å². The predicted molar refractivity (Wildman–Crippen MR) is 90.6 cm³/mol. The van der Waals surface area contributed by atoms with Gasteiger partial charge in [0.05, 0.1) is 12.2 Å². The topological polar surface area (TPSA) is 58.6 Å². The Labute approximate surface area is 141 Å². The molecule has 2 aromatic rings. The normalized spacial score (nSPS) is 12.1. The van der Waals surface area contributed by atoms with Crippen molar-refractivity contribution in [1.82, 2.24) is 5.32 Å². The molecule has 2 rings (SSSR count). The van der Waals surface area contributed by atoms with Gasteiger partial charge in [-0.05, 0) is 56.2 Å². The highest BCUT2D eigenvalue weighted by Gasteiger charge is 2.12. The first-order chi connectivity index (χ1) is 11.4. The number of aliphatic hydroxyl groups is 1. The van der Waals surface area contributed by atoms with E-state index in [-0.39, 0.29) is 18.2 Å². The molecule has 0 spiro atoms. The number of amides is 1. The van der Waals surface area contributed by atoms with Gasteiger partial charge in [-0.3, -0.25) is 4.79 Å². The first-order valence-corrected chi connectivity index (χ1v) is 7.86. The smallest absolute Gasteiger partial charge is 0.251 e. The van der Waals surface area contributed by atoms with Crippen LogP contribution in [-0.4, -0.2) is 23.7 Å². The van der Waals surface area contributed by atoms with Crippen LogP contribution in [0.5, 0.6) is 5.75 Å². The molecule has 0 radical (unpaired) electrons. The lowest BCUT2D eigenvalue weighted by Crippen LogP contribution is -2.28. The molecule has 128 valence electrons. The number of carbonyl (C=O) groups excluding carboxylic acids is 1. The molecule has 0 aliphatic carbocycles. The van der Waals surface area contributed by atoms with Crippen LogP contribution in [0.3, 0.4) is 0 Å². The summed E-state index contributed by atoms with van der Waals surface area (Å²) in [5.74, 6) is -0.128. The lowest BCUT2D eigenvalue weighted by atomic mass is 10.1. The van der Waals surface area contributed by atoms with Gasteiger partial charge in [-0.2, -0.15) is 0 Å². The summed E-state index contributed by atoms with van der Waals surface area (Å²) in [6.45, 7) is 5.55. The average Bonchev–Trinajstić information content (AvgIpc) is 2.55. The maximum atomic E-state index is 13.5. The molecule has 0 aliphatic rings. The highest BCUT2D eigenvalue weighted by atomic mass is 19.1. The summed E-state index contributed by atoms with van der Waals surface area (Å²) in [4.78, 5) is 12.0. The van der Waals surface area contributed by atoms with Crippen LogP contribution in [0.1, 0.15) is 41.4 Å². The first kappa shape index (κ1) is 17.9. The molecular weight excluding hydrogens is 309 g/mol. The molecule has 1 unspecified atom stereocenters. The maximum Gasteiger partial charge on any atom is 0.251 e. The minimum absolute atomic E-state index is 0.0404. The van der Waals surface area contributed by atoms with Crippen molar-refractivity contribution < 1.29 is 19.0 Å². The molecule has 0 aromatic heterocycles. The van der Waals surface area contributed by atoms with Crippen LogP contribution in [0, 0.1) is 12.7 Å². The zero-order valence-electron chi connectivity index (χ0n) is 14.0. The third-order valence-corrected chi connectivity index (χ3v) is 3.53. The Morgan fingerprint density at radius 1 is 1.21 bits per heavy atom. The Balaban J connectivity index is 1.93. The van der Waals surface area contributed by atoms with E-state index in [1.54, 1.807) is 43.3 Å². The molecule has 0 saturated heterocycles. The average molecular weight is 331 g/mol. The van der Waals surface area contributed by atoms with E-state index in [9.17, 15) is 14.3 Å². The summed E-state index contributed by atoms with van der Waals surface area (Å²) in [7, 11) is 0. The highest BCUT2D eigenvalue weighted by molar-refractivity contribution is 5.94. The largest absolute Gasteiger partial charge is 0.491 e. The molecule has 2 aromatic carbocycles. The number of ether oxygens (including phenoxy) is 1. The molecule has 0 heterocycles. The van der Waals surface area contributed by atoms with Crippen molar-refractivity contribution in [1.29, 1.82) is 0 Å². The molecule has 0 fully saturated rings. The van der Waals surface area contributed by atoms with E-state index in [0.29, 0.717) is 11.1 Å². The Bertz CT molecular complexity index is 698. The fraction of sp³-hybridized carbons (Fsp3) is 0.316. The first-order valence-electron chi connectivity index (χ1n) is 7.86. The molecule has 4 nitrogen and oxygen atoms in total. The van der Waals surface area contributed by atoms with Gasteiger partial charge in [-0.15, -0.1) is 0 Å². The van der Waals surface area contributed by atoms with Crippen LogP contribution in [0.2, 0.25) is 0 Å². The van der Waals surface area contributed by atoms with E-state index in [0.717, 1.165) is 5.75 Å². The van der Waals surface area contributed by atoms with Crippen molar-refractivity contribution in [2.45, 2.75) is 33.0 Å². The lowest BCUT2D eigenvalue weighted by molar-refractivity contribution is 0.0915. The van der Waals surface area contributed by atoms with E-state index < -0.39 is 17.8 Å². The van der Waals surface area contributed by atoms with E-state index in [1.807, 2.05) is 13.8 Å². The molecule has 24 heavy (non-hydrogen) atoms. The Morgan fingerprint density at radius 2 is 1.88 bits per heavy atom. The number of rotatable bonds is 6. The van der Waals surface area contributed by atoms with Crippen molar-refractivity contribution in [3.63, 3.8) is 0 Å². The van der Waals surface area contributed by atoms with Crippen molar-refractivity contribution >= 4 is 5.91 Å². The number of hydrogen-bond donors (Lipinski definition) is 2. The van der Waals surface area contributed by atoms with Crippen LogP contribution in [0.25, 0.3) is 0 Å². The van der Waals surface area contributed by atoms with Crippen molar-refractivity contribution in [2.24, 2.45) is 0 Å². The van der Waals surface area contributed by atoms with Gasteiger partial charge in [-0.25, -0.2) is 4.39 Å². The third-order valence-electron chi connectivity index (χ3n) is 3.53. The number of benzene rings is 2. The Morgan fingerprint density at radius 3 is 2.46 bits per heavy atom. The number of aliphatic hydroxyl groups excluding tert-OH is 1. The van der Waals surface area contributed by atoms with Crippen LogP contribution in [0.4, 0.5) is 4.39 Å². The van der Waals surface area contributed by atoms with Gasteiger partial charge in [0.25, 0.3) is 5.91 Å². The second-order valence-electron chi connectivity index (χ2n) is 5.93. The van der Waals surface area contributed by atoms with Gasteiger partial charge >= 0.3 is 0 Å². The molecule has 0 bridgehead atoms. The Kier molecular flexibility index (Phi) is 5.93. The van der Waals surface area contributed by atoms with Gasteiger partial charge in [0, 0.05) is 12.1 Å². The number of carbonyl (C=O) groups is 1. The van der Waals surface area contributed by atoms with Gasteiger partial charge < -0.3 is 15.2 Å². The summed E-state index contributed by atoms with van der Waals surface area (Å²) in [5.41, 5.74) is 1.38. The van der Waals surface area contributed by atoms with Crippen LogP contribution >= 0.6 is 0 Å². The minimum atomic E-state index is -0.850. The van der Waals surface area contributed by atoms with Crippen molar-refractivity contribution in [3.8, 4) is 5.75 Å².